The average Bonchev–Trinajstić information content (AvgIpc) is 3.61. The molecule has 0 spiro atoms. The zero-order valence-electron chi connectivity index (χ0n) is 25.7. The Balaban J connectivity index is 1.12. The number of sulfonamides is 1. The van der Waals surface area contributed by atoms with Crippen LogP contribution in [0.25, 0.3) is 16.9 Å². The van der Waals surface area contributed by atoms with E-state index in [0.29, 0.717) is 5.56 Å². The van der Waals surface area contributed by atoms with Gasteiger partial charge in [0, 0.05) is 12.6 Å². The lowest BCUT2D eigenvalue weighted by Crippen LogP contribution is -3.19. The third kappa shape index (κ3) is 7.94. The maximum Gasteiger partial charge on any atom is 0.435 e. The molecule has 1 aliphatic rings. The summed E-state index contributed by atoms with van der Waals surface area (Å²) < 4.78 is 73.6. The molecule has 1 atom stereocenters. The Kier molecular flexibility index (Phi) is 10.1. The highest BCUT2D eigenvalue weighted by molar-refractivity contribution is 7.90. The van der Waals surface area contributed by atoms with Crippen molar-refractivity contribution in [3.05, 3.63) is 106 Å². The molecule has 0 aliphatic carbocycles. The number of hydrogen-bond acceptors (Lipinski definition) is 11. The van der Waals surface area contributed by atoms with E-state index >= 15 is 0 Å². The van der Waals surface area contributed by atoms with Crippen molar-refractivity contribution in [2.45, 2.75) is 18.0 Å². The van der Waals surface area contributed by atoms with Crippen LogP contribution in [0.1, 0.15) is 32.0 Å². The second-order valence-corrected chi connectivity index (χ2v) is 12.3. The normalized spacial score (nSPS) is 13.9. The van der Waals surface area contributed by atoms with Crippen LogP contribution in [-0.4, -0.2) is 72.9 Å². The summed E-state index contributed by atoms with van der Waals surface area (Å²) in [6, 6.07) is 18.4. The maximum absolute atomic E-state index is 13.5. The van der Waals surface area contributed by atoms with Crippen LogP contribution in [0.2, 0.25) is 0 Å². The van der Waals surface area contributed by atoms with Crippen molar-refractivity contribution in [1.82, 2.24) is 30.0 Å². The molecule has 5 rings (SSSR count). The Hall–Kier alpha value is -5.18. The van der Waals surface area contributed by atoms with Gasteiger partial charge in [-0.1, -0.05) is 42.0 Å². The molecule has 1 unspecified atom stereocenters. The van der Waals surface area contributed by atoms with Gasteiger partial charge in [-0.2, -0.15) is 23.6 Å². The van der Waals surface area contributed by atoms with Crippen molar-refractivity contribution in [3.63, 3.8) is 0 Å². The van der Waals surface area contributed by atoms with E-state index in [9.17, 15) is 41.2 Å². The zero-order valence-corrected chi connectivity index (χ0v) is 26.5. The molecule has 4 aromatic rings. The number of imide groups is 1. The number of carbonyl (C=O) groups excluding carboxylic acids is 3. The Bertz CT molecular complexity index is 1940. The summed E-state index contributed by atoms with van der Waals surface area (Å²) in [7, 11) is -3.16. The molecule has 3 aromatic carbocycles. The average molecular weight is 704 g/mol. The summed E-state index contributed by atoms with van der Waals surface area (Å²) in [6.45, 7) is 0.614. The van der Waals surface area contributed by atoms with Gasteiger partial charge in [-0.05, 0) is 55.0 Å². The quantitative estimate of drug-likeness (QED) is 0.146. The summed E-state index contributed by atoms with van der Waals surface area (Å²) in [6.07, 6.45) is -6.09. The van der Waals surface area contributed by atoms with Crippen LogP contribution in [0.4, 0.5) is 18.0 Å². The van der Waals surface area contributed by atoms with Gasteiger partial charge in [0.15, 0.2) is 12.4 Å². The Morgan fingerprint density at radius 1 is 1.00 bits per heavy atom. The summed E-state index contributed by atoms with van der Waals surface area (Å²) in [5, 5.41) is 16.2. The fraction of sp³-hybridized carbons (Fsp3) is 0.200. The predicted octanol–water partition coefficient (Wildman–Crippen LogP) is 2.20. The molecule has 0 saturated heterocycles. The number of hydrogen-bond donors (Lipinski definition) is 3. The fourth-order valence-corrected chi connectivity index (χ4v) is 5.47. The van der Waals surface area contributed by atoms with Crippen LogP contribution in [0.15, 0.2) is 83.8 Å². The van der Waals surface area contributed by atoms with Gasteiger partial charge in [0.2, 0.25) is 0 Å². The molecule has 15 nitrogen and oxygen atoms in total. The standard InChI is InChI=1S/C30H28F3N7O8S/c1-19-7-9-20(10-8-19)25-17-26(30(31,32)33)34-39(25)21-11-13-22(14-12-21)49(45,46)35-29(43)47-16-15-37(2)40(44)36-48-18-38-27(41)23-5-3-4-6-24(23)28(38)42/h3-14,17,36,40H,15-16,18H2,1-2H3,(H,35,43). The number of amides is 3. The van der Waals surface area contributed by atoms with E-state index in [1.165, 1.54) is 31.3 Å². The second kappa shape index (κ2) is 14.1. The lowest BCUT2D eigenvalue weighted by Gasteiger charge is -2.29. The van der Waals surface area contributed by atoms with E-state index in [4.69, 9.17) is 9.57 Å². The molecule has 3 N–H and O–H groups in total. The largest absolute Gasteiger partial charge is 0.591 e. The Morgan fingerprint density at radius 3 is 2.20 bits per heavy atom. The molecule has 0 bridgehead atoms. The molecule has 1 aromatic heterocycles. The number of quaternary nitrogens is 1. The molecule has 2 heterocycles. The first-order valence-corrected chi connectivity index (χ1v) is 15.8. The second-order valence-electron chi connectivity index (χ2n) is 10.6. The third-order valence-electron chi connectivity index (χ3n) is 7.19. The smallest absolute Gasteiger partial charge is 0.435 e. The number of likely N-dealkylation sites (N-methyl/N-ethyl adjacent to an activating group) is 1. The molecule has 258 valence electrons. The molecule has 3 amide bonds. The molecule has 0 fully saturated rings. The van der Waals surface area contributed by atoms with Crippen LogP contribution in [0.5, 0.6) is 0 Å². The number of nitrogens with zero attached hydrogens (tertiary/aromatic N) is 4. The number of ether oxygens (including phenoxy) is 1. The highest BCUT2D eigenvalue weighted by atomic mass is 32.2. The number of rotatable bonds is 12. The zero-order chi connectivity index (χ0) is 35.5. The van der Waals surface area contributed by atoms with Gasteiger partial charge in [-0.3, -0.25) is 9.59 Å². The van der Waals surface area contributed by atoms with Crippen LogP contribution < -0.4 is 15.6 Å². The van der Waals surface area contributed by atoms with Crippen LogP contribution in [0.3, 0.4) is 0 Å². The minimum Gasteiger partial charge on any atom is -0.591 e. The number of halogens is 3. The van der Waals surface area contributed by atoms with E-state index < -0.39 is 58.4 Å². The molecule has 1 aliphatic heterocycles. The number of fused-ring (bicyclic) bond motifs is 1. The maximum atomic E-state index is 13.5. The number of alkyl halides is 3. The molecule has 0 radical (unpaired) electrons. The molecule has 49 heavy (non-hydrogen) atoms. The van der Waals surface area contributed by atoms with Gasteiger partial charge < -0.3 is 9.94 Å². The number of nitrogens with one attached hydrogen (secondary N) is 3. The first kappa shape index (κ1) is 35.1. The molecule has 19 heteroatoms. The Labute approximate surface area is 276 Å². The van der Waals surface area contributed by atoms with E-state index in [1.807, 2.05) is 12.5 Å². The van der Waals surface area contributed by atoms with E-state index in [2.05, 4.69) is 5.10 Å². The van der Waals surface area contributed by atoms with Crippen molar-refractivity contribution in [2.24, 2.45) is 0 Å². The van der Waals surface area contributed by atoms with Crippen molar-refractivity contribution in [1.29, 1.82) is 0 Å². The minimum atomic E-state index is -4.73. The van der Waals surface area contributed by atoms with Crippen molar-refractivity contribution >= 4 is 27.9 Å². The van der Waals surface area contributed by atoms with Crippen LogP contribution in [-0.2, 0) is 25.8 Å². The summed E-state index contributed by atoms with van der Waals surface area (Å²) in [4.78, 5) is 42.3. The van der Waals surface area contributed by atoms with Gasteiger partial charge in [0.25, 0.3) is 21.8 Å². The highest BCUT2D eigenvalue weighted by Crippen LogP contribution is 2.33. The number of carbonyl (C=O) groups is 3. The van der Waals surface area contributed by atoms with Crippen LogP contribution in [0, 0.1) is 12.1 Å². The number of benzene rings is 3. The van der Waals surface area contributed by atoms with Gasteiger partial charge in [-0.25, -0.2) is 32.4 Å². The van der Waals surface area contributed by atoms with Crippen LogP contribution >= 0.6 is 0 Å². The van der Waals surface area contributed by atoms with Gasteiger partial charge in [0.05, 0.1) is 33.9 Å². The number of aromatic nitrogens is 2. The van der Waals surface area contributed by atoms with Crippen molar-refractivity contribution < 1.29 is 50.8 Å². The summed E-state index contributed by atoms with van der Waals surface area (Å²) in [5.41, 5.74) is 2.91. The summed E-state index contributed by atoms with van der Waals surface area (Å²) in [5.74, 6) is -1.17. The van der Waals surface area contributed by atoms with Gasteiger partial charge in [-0.15, -0.1) is 5.01 Å². The third-order valence-corrected chi connectivity index (χ3v) is 8.52. The molecule has 0 saturated carbocycles. The Morgan fingerprint density at radius 2 is 1.61 bits per heavy atom. The fourth-order valence-electron chi connectivity index (χ4n) is 4.58. The SMILES string of the molecule is Cc1ccc(-c2cc(C(F)(F)F)nn2-c2ccc(S(=O)(=O)NC(=O)OCCN(C)[NH+]([O-])NOCN3C(=O)c4ccccc4C3=O)cc2)cc1. The van der Waals surface area contributed by atoms with Gasteiger partial charge >= 0.3 is 12.3 Å². The topological polar surface area (TPSA) is 180 Å². The molecular weight excluding hydrogens is 675 g/mol. The molecular formula is C30H28F3N7O8S. The predicted molar refractivity (Wildman–Crippen MR) is 163 cm³/mol. The first-order chi connectivity index (χ1) is 23.2. The van der Waals surface area contributed by atoms with Crippen molar-refractivity contribution in [3.8, 4) is 16.9 Å². The number of aryl methyl sites for hydroxylation is 1. The monoisotopic (exact) mass is 703 g/mol. The van der Waals surface area contributed by atoms with E-state index in [0.717, 1.165) is 38.4 Å². The van der Waals surface area contributed by atoms with E-state index in [-0.39, 0.29) is 33.9 Å². The van der Waals surface area contributed by atoms with Crippen molar-refractivity contribution in [2.75, 3.05) is 26.9 Å². The first-order valence-electron chi connectivity index (χ1n) is 14.3. The lowest BCUT2D eigenvalue weighted by atomic mass is 10.1. The van der Waals surface area contributed by atoms with Gasteiger partial charge in [0.1, 0.15) is 6.61 Å². The highest BCUT2D eigenvalue weighted by Gasteiger charge is 2.36. The minimum absolute atomic E-state index is 0.123. The van der Waals surface area contributed by atoms with E-state index in [1.54, 1.807) is 41.1 Å². The summed E-state index contributed by atoms with van der Waals surface area (Å²) >= 11 is 0. The lowest BCUT2D eigenvalue weighted by molar-refractivity contribution is -1.03.